The Balaban J connectivity index is 1.95. The van der Waals surface area contributed by atoms with Crippen LogP contribution in [0.1, 0.15) is 25.3 Å². The van der Waals surface area contributed by atoms with Crippen LogP contribution in [-0.2, 0) is 6.54 Å². The first-order valence-electron chi connectivity index (χ1n) is 6.37. The summed E-state index contributed by atoms with van der Waals surface area (Å²) in [6.45, 7) is 4.93. The predicted octanol–water partition coefficient (Wildman–Crippen LogP) is 3.48. The quantitative estimate of drug-likeness (QED) is 0.851. The van der Waals surface area contributed by atoms with E-state index in [0.717, 1.165) is 38.0 Å². The fourth-order valence-electron chi connectivity index (χ4n) is 2.35. The zero-order valence-electron chi connectivity index (χ0n) is 11.0. The lowest BCUT2D eigenvalue weighted by molar-refractivity contribution is 0.158. The minimum Gasteiger partial charge on any atom is -0.393 e. The second-order valence-corrected chi connectivity index (χ2v) is 6.74. The SMILES string of the molecule is CC1(C(N)=S)CCN(Cc2ccc(F)c(Br)c2)CC1. The van der Waals surface area contributed by atoms with E-state index in [-0.39, 0.29) is 11.2 Å². The van der Waals surface area contributed by atoms with Crippen molar-refractivity contribution in [1.82, 2.24) is 4.90 Å². The fourth-order valence-corrected chi connectivity index (χ4v) is 2.98. The second kappa shape index (κ2) is 5.85. The molecule has 0 spiro atoms. The number of halogens is 2. The molecule has 104 valence electrons. The van der Waals surface area contributed by atoms with Gasteiger partial charge in [0.2, 0.25) is 0 Å². The predicted molar refractivity (Wildman–Crippen MR) is 83.5 cm³/mol. The van der Waals surface area contributed by atoms with E-state index in [4.69, 9.17) is 18.0 Å². The molecule has 0 unspecified atom stereocenters. The van der Waals surface area contributed by atoms with E-state index in [1.165, 1.54) is 6.07 Å². The molecule has 2 nitrogen and oxygen atoms in total. The second-order valence-electron chi connectivity index (χ2n) is 5.45. The summed E-state index contributed by atoms with van der Waals surface area (Å²) in [5, 5.41) is 0. The number of hydrogen-bond acceptors (Lipinski definition) is 2. The molecule has 0 saturated carbocycles. The summed E-state index contributed by atoms with van der Waals surface area (Å²) in [7, 11) is 0. The van der Waals surface area contributed by atoms with Crippen LogP contribution in [0.2, 0.25) is 0 Å². The van der Waals surface area contributed by atoms with Crippen molar-refractivity contribution in [2.75, 3.05) is 13.1 Å². The van der Waals surface area contributed by atoms with E-state index >= 15 is 0 Å². The van der Waals surface area contributed by atoms with Gasteiger partial charge in [-0.1, -0.05) is 25.2 Å². The van der Waals surface area contributed by atoms with Crippen molar-refractivity contribution in [2.24, 2.45) is 11.1 Å². The van der Waals surface area contributed by atoms with Gasteiger partial charge in [-0.3, -0.25) is 4.90 Å². The standard InChI is InChI=1S/C14H18BrFN2S/c1-14(13(17)19)4-6-18(7-5-14)9-10-2-3-12(16)11(15)8-10/h2-3,8H,4-7,9H2,1H3,(H2,17,19). The average molecular weight is 345 g/mol. The third kappa shape index (κ3) is 3.52. The first kappa shape index (κ1) is 14.9. The third-order valence-electron chi connectivity index (χ3n) is 3.94. The molecule has 0 amide bonds. The number of nitrogens with zero attached hydrogens (tertiary/aromatic N) is 1. The first-order chi connectivity index (χ1) is 8.90. The van der Waals surface area contributed by atoms with E-state index in [2.05, 4.69) is 27.8 Å². The van der Waals surface area contributed by atoms with Crippen LogP contribution in [-0.4, -0.2) is 23.0 Å². The molecule has 2 N–H and O–H groups in total. The third-order valence-corrected chi connectivity index (χ3v) is 5.05. The maximum atomic E-state index is 13.2. The lowest BCUT2D eigenvalue weighted by Gasteiger charge is -2.38. The number of hydrogen-bond donors (Lipinski definition) is 1. The highest BCUT2D eigenvalue weighted by Gasteiger charge is 2.32. The Morgan fingerprint density at radius 2 is 2.11 bits per heavy atom. The Morgan fingerprint density at radius 3 is 2.63 bits per heavy atom. The van der Waals surface area contributed by atoms with Crippen LogP contribution in [0, 0.1) is 11.2 Å². The number of thiocarbonyl (C=S) groups is 1. The minimum atomic E-state index is -0.219. The molecule has 0 aromatic heterocycles. The molecule has 1 fully saturated rings. The molecule has 1 aromatic rings. The van der Waals surface area contributed by atoms with Gasteiger partial charge in [-0.15, -0.1) is 0 Å². The highest BCUT2D eigenvalue weighted by Crippen LogP contribution is 2.31. The molecular weight excluding hydrogens is 327 g/mol. The summed E-state index contributed by atoms with van der Waals surface area (Å²) in [5.41, 5.74) is 6.91. The summed E-state index contributed by atoms with van der Waals surface area (Å²) in [6, 6.07) is 5.18. The van der Waals surface area contributed by atoms with Crippen molar-refractivity contribution in [3.05, 3.63) is 34.1 Å². The summed E-state index contributed by atoms with van der Waals surface area (Å²) in [4.78, 5) is 2.98. The zero-order chi connectivity index (χ0) is 14.0. The van der Waals surface area contributed by atoms with Crippen LogP contribution in [0.15, 0.2) is 22.7 Å². The van der Waals surface area contributed by atoms with Crippen LogP contribution in [0.25, 0.3) is 0 Å². The normalized spacial score (nSPS) is 19.3. The van der Waals surface area contributed by atoms with Gasteiger partial charge in [0.15, 0.2) is 0 Å². The van der Waals surface area contributed by atoms with E-state index in [1.54, 1.807) is 0 Å². The lowest BCUT2D eigenvalue weighted by atomic mass is 9.80. The van der Waals surface area contributed by atoms with Gasteiger partial charge in [0, 0.05) is 12.0 Å². The summed E-state index contributed by atoms with van der Waals surface area (Å²) >= 11 is 8.36. The monoisotopic (exact) mass is 344 g/mol. The molecule has 1 aromatic carbocycles. The van der Waals surface area contributed by atoms with Gasteiger partial charge in [-0.25, -0.2) is 4.39 Å². The van der Waals surface area contributed by atoms with Crippen molar-refractivity contribution < 1.29 is 4.39 Å². The molecule has 1 aliphatic heterocycles. The molecule has 1 aliphatic rings. The molecule has 1 heterocycles. The van der Waals surface area contributed by atoms with E-state index in [9.17, 15) is 4.39 Å². The Bertz CT molecular complexity index is 484. The molecule has 0 aliphatic carbocycles. The molecule has 1 saturated heterocycles. The molecular formula is C14H18BrFN2S. The smallest absolute Gasteiger partial charge is 0.137 e. The fraction of sp³-hybridized carbons (Fsp3) is 0.500. The number of piperidine rings is 1. The maximum Gasteiger partial charge on any atom is 0.137 e. The Hall–Kier alpha value is -0.520. The van der Waals surface area contributed by atoms with Crippen molar-refractivity contribution in [3.63, 3.8) is 0 Å². The van der Waals surface area contributed by atoms with Crippen LogP contribution in [0.4, 0.5) is 4.39 Å². The van der Waals surface area contributed by atoms with E-state index in [1.807, 2.05) is 12.1 Å². The van der Waals surface area contributed by atoms with Gasteiger partial charge in [0.25, 0.3) is 0 Å². The number of rotatable bonds is 3. The minimum absolute atomic E-state index is 0.00475. The number of nitrogens with two attached hydrogens (primary N) is 1. The molecule has 0 radical (unpaired) electrons. The van der Waals surface area contributed by atoms with Gasteiger partial charge in [-0.05, 0) is 59.6 Å². The zero-order valence-corrected chi connectivity index (χ0v) is 13.4. The summed E-state index contributed by atoms with van der Waals surface area (Å²) in [5.74, 6) is -0.219. The highest BCUT2D eigenvalue weighted by atomic mass is 79.9. The van der Waals surface area contributed by atoms with E-state index < -0.39 is 0 Å². The molecule has 19 heavy (non-hydrogen) atoms. The molecule has 0 atom stereocenters. The largest absolute Gasteiger partial charge is 0.393 e. The van der Waals surface area contributed by atoms with Crippen LogP contribution < -0.4 is 5.73 Å². The van der Waals surface area contributed by atoms with Gasteiger partial charge < -0.3 is 5.73 Å². The van der Waals surface area contributed by atoms with Gasteiger partial charge in [0.1, 0.15) is 5.82 Å². The Morgan fingerprint density at radius 1 is 1.47 bits per heavy atom. The average Bonchev–Trinajstić information content (AvgIpc) is 2.37. The van der Waals surface area contributed by atoms with Gasteiger partial charge in [-0.2, -0.15) is 0 Å². The molecule has 0 bridgehead atoms. The first-order valence-corrected chi connectivity index (χ1v) is 7.57. The number of likely N-dealkylation sites (tertiary alicyclic amines) is 1. The summed E-state index contributed by atoms with van der Waals surface area (Å²) in [6.07, 6.45) is 1.98. The van der Waals surface area contributed by atoms with Gasteiger partial charge >= 0.3 is 0 Å². The molecule has 2 rings (SSSR count). The van der Waals surface area contributed by atoms with E-state index in [0.29, 0.717) is 9.46 Å². The Labute approximate surface area is 127 Å². The lowest BCUT2D eigenvalue weighted by Crippen LogP contribution is -2.44. The number of benzene rings is 1. The van der Waals surface area contributed by atoms with Crippen molar-refractivity contribution >= 4 is 33.1 Å². The van der Waals surface area contributed by atoms with Gasteiger partial charge in [0.05, 0.1) is 9.46 Å². The Kier molecular flexibility index (Phi) is 4.58. The van der Waals surface area contributed by atoms with Crippen molar-refractivity contribution in [3.8, 4) is 0 Å². The topological polar surface area (TPSA) is 29.3 Å². The van der Waals surface area contributed by atoms with Crippen LogP contribution in [0.3, 0.4) is 0 Å². The van der Waals surface area contributed by atoms with Crippen molar-refractivity contribution in [2.45, 2.75) is 26.3 Å². The van der Waals surface area contributed by atoms with Crippen molar-refractivity contribution in [1.29, 1.82) is 0 Å². The van der Waals surface area contributed by atoms with Crippen LogP contribution in [0.5, 0.6) is 0 Å². The highest BCUT2D eigenvalue weighted by molar-refractivity contribution is 9.10. The summed E-state index contributed by atoms with van der Waals surface area (Å²) < 4.78 is 13.7. The van der Waals surface area contributed by atoms with Crippen LogP contribution >= 0.6 is 28.1 Å². The molecule has 5 heteroatoms. The maximum absolute atomic E-state index is 13.2.